The van der Waals surface area contributed by atoms with E-state index >= 15 is 0 Å². The van der Waals surface area contributed by atoms with E-state index in [9.17, 15) is 4.79 Å². The van der Waals surface area contributed by atoms with Crippen LogP contribution in [0.1, 0.15) is 50.7 Å². The fourth-order valence-electron chi connectivity index (χ4n) is 1.55. The summed E-state index contributed by atoms with van der Waals surface area (Å²) in [6, 6.07) is 0. The van der Waals surface area contributed by atoms with Crippen LogP contribution in [0.15, 0.2) is 18.3 Å². The summed E-state index contributed by atoms with van der Waals surface area (Å²) in [5.74, 6) is -0.308. The van der Waals surface area contributed by atoms with Gasteiger partial charge in [-0.15, -0.1) is 6.58 Å². The van der Waals surface area contributed by atoms with Gasteiger partial charge in [-0.2, -0.15) is 0 Å². The molecule has 0 aliphatic heterocycles. The topological polar surface area (TPSA) is 42.4 Å². The van der Waals surface area contributed by atoms with Gasteiger partial charge in [0, 0.05) is 13.1 Å². The Morgan fingerprint density at radius 1 is 1.50 bits per heavy atom. The van der Waals surface area contributed by atoms with E-state index in [4.69, 9.17) is 4.74 Å². The Hall–Kier alpha value is -1.36. The second kappa shape index (κ2) is 6.88. The molecular weight excluding hydrogens is 272 g/mol. The third kappa shape index (κ3) is 5.33. The highest BCUT2D eigenvalue weighted by Crippen LogP contribution is 2.25. The maximum absolute atomic E-state index is 12.0. The Labute approximate surface area is 125 Å². The van der Waals surface area contributed by atoms with Crippen LogP contribution in [0.3, 0.4) is 0 Å². The van der Waals surface area contributed by atoms with Gasteiger partial charge in [-0.3, -0.25) is 0 Å². The van der Waals surface area contributed by atoms with Crippen molar-refractivity contribution in [2.75, 3.05) is 18.0 Å². The van der Waals surface area contributed by atoms with E-state index in [1.54, 1.807) is 6.20 Å². The number of carbonyl (C=O) groups excluding carboxylic acids is 1. The number of rotatable bonds is 6. The molecular formula is C15H24N2O2S. The maximum atomic E-state index is 12.0. The van der Waals surface area contributed by atoms with Crippen LogP contribution in [0, 0.1) is 0 Å². The van der Waals surface area contributed by atoms with Gasteiger partial charge in [0.05, 0.1) is 6.20 Å². The molecule has 0 saturated heterocycles. The van der Waals surface area contributed by atoms with Gasteiger partial charge < -0.3 is 9.64 Å². The number of nitrogens with zero attached hydrogens (tertiary/aromatic N) is 2. The van der Waals surface area contributed by atoms with Gasteiger partial charge in [0.25, 0.3) is 0 Å². The minimum atomic E-state index is -0.481. The lowest BCUT2D eigenvalue weighted by Crippen LogP contribution is -2.24. The average Bonchev–Trinajstić information content (AvgIpc) is 2.76. The highest BCUT2D eigenvalue weighted by atomic mass is 32.1. The second-order valence-corrected chi connectivity index (χ2v) is 6.80. The van der Waals surface area contributed by atoms with Gasteiger partial charge in [-0.05, 0) is 41.0 Å². The van der Waals surface area contributed by atoms with Crippen molar-refractivity contribution in [1.29, 1.82) is 0 Å². The largest absolute Gasteiger partial charge is 0.456 e. The number of hydrogen-bond donors (Lipinski definition) is 0. The van der Waals surface area contributed by atoms with Crippen LogP contribution in [-0.4, -0.2) is 29.6 Å². The molecule has 0 radical (unpaired) electrons. The molecule has 1 aromatic rings. The van der Waals surface area contributed by atoms with E-state index in [0.29, 0.717) is 4.88 Å². The van der Waals surface area contributed by atoms with Crippen LogP contribution in [0.4, 0.5) is 5.13 Å². The van der Waals surface area contributed by atoms with Crippen LogP contribution in [0.5, 0.6) is 0 Å². The number of ether oxygens (including phenoxy) is 1. The zero-order valence-electron chi connectivity index (χ0n) is 13.0. The Balaban J connectivity index is 2.74. The molecule has 0 bridgehead atoms. The minimum absolute atomic E-state index is 0.308. The highest BCUT2D eigenvalue weighted by Gasteiger charge is 2.21. The molecule has 1 aromatic heterocycles. The van der Waals surface area contributed by atoms with Crippen molar-refractivity contribution in [2.24, 2.45) is 0 Å². The molecule has 0 unspecified atom stereocenters. The third-order valence-electron chi connectivity index (χ3n) is 2.55. The first-order chi connectivity index (χ1) is 9.23. The van der Waals surface area contributed by atoms with E-state index in [-0.39, 0.29) is 5.97 Å². The molecule has 1 rings (SSSR count). The first-order valence-corrected chi connectivity index (χ1v) is 7.63. The molecule has 20 heavy (non-hydrogen) atoms. The maximum Gasteiger partial charge on any atom is 0.350 e. The van der Waals surface area contributed by atoms with E-state index in [1.807, 2.05) is 27.7 Å². The summed E-state index contributed by atoms with van der Waals surface area (Å²) >= 11 is 1.38. The predicted molar refractivity (Wildman–Crippen MR) is 84.6 cm³/mol. The lowest BCUT2D eigenvalue weighted by molar-refractivity contribution is 0.00750. The van der Waals surface area contributed by atoms with Gasteiger partial charge >= 0.3 is 5.97 Å². The van der Waals surface area contributed by atoms with Crippen molar-refractivity contribution in [1.82, 2.24) is 4.98 Å². The van der Waals surface area contributed by atoms with Gasteiger partial charge in [0.15, 0.2) is 5.13 Å². The van der Waals surface area contributed by atoms with Crippen molar-refractivity contribution in [3.05, 3.63) is 23.2 Å². The lowest BCUT2D eigenvalue weighted by Gasteiger charge is -2.20. The second-order valence-electron chi connectivity index (χ2n) is 5.80. The quantitative estimate of drug-likeness (QED) is 0.590. The zero-order valence-corrected chi connectivity index (χ0v) is 13.8. The molecule has 0 aliphatic carbocycles. The zero-order chi connectivity index (χ0) is 15.3. The summed E-state index contributed by atoms with van der Waals surface area (Å²) in [6.45, 7) is 15.3. The van der Waals surface area contributed by atoms with Gasteiger partial charge in [0.1, 0.15) is 10.5 Å². The molecule has 0 atom stereocenters. The van der Waals surface area contributed by atoms with Crippen molar-refractivity contribution in [3.63, 3.8) is 0 Å². The van der Waals surface area contributed by atoms with Crippen molar-refractivity contribution < 1.29 is 9.53 Å². The van der Waals surface area contributed by atoms with Crippen molar-refractivity contribution in [2.45, 2.75) is 46.6 Å². The number of hydrogen-bond acceptors (Lipinski definition) is 5. The van der Waals surface area contributed by atoms with Crippen LogP contribution in [-0.2, 0) is 4.74 Å². The Bertz CT molecular complexity index is 474. The average molecular weight is 296 g/mol. The highest BCUT2D eigenvalue weighted by molar-refractivity contribution is 7.17. The Kier molecular flexibility index (Phi) is 5.74. The molecule has 112 valence electrons. The summed E-state index contributed by atoms with van der Waals surface area (Å²) in [6.07, 6.45) is 2.52. The van der Waals surface area contributed by atoms with E-state index in [2.05, 4.69) is 23.4 Å². The van der Waals surface area contributed by atoms with E-state index in [0.717, 1.165) is 30.2 Å². The molecule has 0 amide bonds. The summed E-state index contributed by atoms with van der Waals surface area (Å²) in [7, 11) is 0. The lowest BCUT2D eigenvalue weighted by atomic mass is 10.2. The van der Waals surface area contributed by atoms with Crippen LogP contribution in [0.2, 0.25) is 0 Å². The molecule has 0 spiro atoms. The first-order valence-electron chi connectivity index (χ1n) is 6.81. The number of anilines is 1. The number of aromatic nitrogens is 1. The standard InChI is InChI=1S/C15H24N2O2S/c1-7-17(9-8-11(2)3)14-16-10-12(20-14)13(18)19-15(4,5)6/h10H,2,7-9H2,1,3-6H3. The van der Waals surface area contributed by atoms with Gasteiger partial charge in [-0.25, -0.2) is 9.78 Å². The summed E-state index contributed by atoms with van der Waals surface area (Å²) < 4.78 is 5.35. The summed E-state index contributed by atoms with van der Waals surface area (Å²) in [5, 5.41) is 0.856. The first kappa shape index (κ1) is 16.7. The van der Waals surface area contributed by atoms with Crippen molar-refractivity contribution in [3.8, 4) is 0 Å². The molecule has 5 heteroatoms. The van der Waals surface area contributed by atoms with Crippen LogP contribution in [0.25, 0.3) is 0 Å². The van der Waals surface area contributed by atoms with Gasteiger partial charge in [0.2, 0.25) is 0 Å². The molecule has 4 nitrogen and oxygen atoms in total. The third-order valence-corrected chi connectivity index (χ3v) is 3.59. The normalized spacial score (nSPS) is 11.2. The molecule has 1 heterocycles. The molecule has 0 saturated carbocycles. The number of esters is 1. The van der Waals surface area contributed by atoms with Gasteiger partial charge in [-0.1, -0.05) is 16.9 Å². The monoisotopic (exact) mass is 296 g/mol. The minimum Gasteiger partial charge on any atom is -0.456 e. The molecule has 0 N–H and O–H groups in total. The molecule has 0 aromatic carbocycles. The van der Waals surface area contributed by atoms with Crippen molar-refractivity contribution >= 4 is 22.4 Å². The fraction of sp³-hybridized carbons (Fsp3) is 0.600. The van der Waals surface area contributed by atoms with E-state index < -0.39 is 5.60 Å². The summed E-state index contributed by atoms with van der Waals surface area (Å²) in [4.78, 5) is 19.0. The fourth-order valence-corrected chi connectivity index (χ4v) is 2.43. The Morgan fingerprint density at radius 2 is 2.15 bits per heavy atom. The predicted octanol–water partition coefficient (Wildman–Crippen LogP) is 3.89. The SMILES string of the molecule is C=C(C)CCN(CC)c1ncc(C(=O)OC(C)(C)C)s1. The van der Waals surface area contributed by atoms with Crippen LogP contribution >= 0.6 is 11.3 Å². The summed E-state index contributed by atoms with van der Waals surface area (Å²) in [5.41, 5.74) is 0.665. The molecule has 0 aliphatic rings. The van der Waals surface area contributed by atoms with E-state index in [1.165, 1.54) is 11.3 Å². The number of thiazole rings is 1. The number of carbonyl (C=O) groups is 1. The molecule has 0 fully saturated rings. The van der Waals surface area contributed by atoms with Crippen LogP contribution < -0.4 is 4.90 Å². The Morgan fingerprint density at radius 3 is 2.65 bits per heavy atom. The smallest absolute Gasteiger partial charge is 0.350 e.